The molecule has 146 valence electrons. The van der Waals surface area contributed by atoms with Crippen LogP contribution in [0, 0.1) is 5.92 Å². The molecule has 0 aromatic heterocycles. The Morgan fingerprint density at radius 1 is 1.19 bits per heavy atom. The summed E-state index contributed by atoms with van der Waals surface area (Å²) in [5.41, 5.74) is 0.507. The number of rotatable bonds is 8. The molecule has 1 unspecified atom stereocenters. The lowest BCUT2D eigenvalue weighted by molar-refractivity contribution is -0.122. The first-order chi connectivity index (χ1) is 12.2. The monoisotopic (exact) mass is 384 g/mol. The number of amides is 1. The van der Waals surface area contributed by atoms with E-state index in [9.17, 15) is 13.2 Å². The fraction of sp³-hybridized carbons (Fsp3) is 0.611. The van der Waals surface area contributed by atoms with Crippen LogP contribution in [0.4, 0.5) is 5.69 Å². The molecule has 1 aliphatic heterocycles. The maximum atomic E-state index is 12.2. The van der Waals surface area contributed by atoms with Crippen molar-refractivity contribution in [3.05, 3.63) is 18.2 Å². The highest BCUT2D eigenvalue weighted by Gasteiger charge is 2.21. The van der Waals surface area contributed by atoms with Gasteiger partial charge in [0.05, 0.1) is 11.9 Å². The topological polar surface area (TPSA) is 84.9 Å². The van der Waals surface area contributed by atoms with Gasteiger partial charge in [0.2, 0.25) is 15.9 Å². The minimum atomic E-state index is -3.47. The van der Waals surface area contributed by atoms with Gasteiger partial charge >= 0.3 is 0 Å². The van der Waals surface area contributed by atoms with Crippen LogP contribution in [0.2, 0.25) is 0 Å². The second-order valence-corrected chi connectivity index (χ2v) is 8.77. The third kappa shape index (κ3) is 5.52. The van der Waals surface area contributed by atoms with Gasteiger partial charge in [0.25, 0.3) is 0 Å². The molecule has 2 rings (SSSR count). The highest BCUT2D eigenvalue weighted by Crippen LogP contribution is 2.34. The summed E-state index contributed by atoms with van der Waals surface area (Å²) in [6.45, 7) is 7.18. The highest BCUT2D eigenvalue weighted by atomic mass is 32.2. The predicted octanol–water partition coefficient (Wildman–Crippen LogP) is 2.16. The molecule has 1 aromatic rings. The number of nitrogens with one attached hydrogen (secondary N) is 1. The van der Waals surface area contributed by atoms with Gasteiger partial charge in [0, 0.05) is 25.1 Å². The van der Waals surface area contributed by atoms with E-state index in [1.165, 1.54) is 4.31 Å². The van der Waals surface area contributed by atoms with Crippen molar-refractivity contribution in [1.82, 2.24) is 5.32 Å². The van der Waals surface area contributed by atoms with E-state index in [1.807, 2.05) is 20.8 Å². The van der Waals surface area contributed by atoms with Gasteiger partial charge in [-0.1, -0.05) is 13.8 Å². The van der Waals surface area contributed by atoms with E-state index in [2.05, 4.69) is 5.32 Å². The number of sulfonamides is 1. The van der Waals surface area contributed by atoms with Crippen LogP contribution in [0.3, 0.4) is 0 Å². The molecular weight excluding hydrogens is 356 g/mol. The van der Waals surface area contributed by atoms with E-state index in [4.69, 9.17) is 9.47 Å². The van der Waals surface area contributed by atoms with Gasteiger partial charge in [-0.2, -0.15) is 0 Å². The van der Waals surface area contributed by atoms with Gasteiger partial charge in [-0.05, 0) is 31.4 Å². The predicted molar refractivity (Wildman–Crippen MR) is 101 cm³/mol. The normalized spacial score (nSPS) is 14.8. The lowest BCUT2D eigenvalue weighted by atomic mass is 10.1. The van der Waals surface area contributed by atoms with E-state index in [-0.39, 0.29) is 24.9 Å². The standard InChI is InChI=1S/C18H28N2O5S/c1-13(2)14(3)19-18(21)6-5-9-20(26(4,22)23)15-7-8-16-17(12-15)25-11-10-24-16/h7-8,12-14H,5-6,9-11H2,1-4H3,(H,19,21). The quantitative estimate of drug-likeness (QED) is 0.742. The lowest BCUT2D eigenvalue weighted by Crippen LogP contribution is -2.37. The van der Waals surface area contributed by atoms with Crippen LogP contribution in [0.15, 0.2) is 18.2 Å². The average molecular weight is 384 g/mol. The summed E-state index contributed by atoms with van der Waals surface area (Å²) in [5.74, 6) is 1.42. The van der Waals surface area contributed by atoms with E-state index in [0.717, 1.165) is 6.26 Å². The zero-order chi connectivity index (χ0) is 19.3. The molecule has 1 atom stereocenters. The van der Waals surface area contributed by atoms with E-state index < -0.39 is 10.0 Å². The number of nitrogens with zero attached hydrogens (tertiary/aromatic N) is 1. The second-order valence-electron chi connectivity index (χ2n) is 6.87. The Labute approximate surface area is 155 Å². The molecule has 0 saturated carbocycles. The molecule has 1 aliphatic rings. The smallest absolute Gasteiger partial charge is 0.232 e. The van der Waals surface area contributed by atoms with Gasteiger partial charge in [-0.15, -0.1) is 0 Å². The van der Waals surface area contributed by atoms with E-state index in [0.29, 0.717) is 42.7 Å². The Kier molecular flexibility index (Phi) is 6.75. The molecule has 0 bridgehead atoms. The summed E-state index contributed by atoms with van der Waals surface area (Å²) in [4.78, 5) is 12.0. The number of carbonyl (C=O) groups excluding carboxylic acids is 1. The van der Waals surface area contributed by atoms with Crippen LogP contribution in [0.5, 0.6) is 11.5 Å². The molecule has 1 amide bonds. The third-order valence-electron chi connectivity index (χ3n) is 4.37. The van der Waals surface area contributed by atoms with Crippen LogP contribution in [-0.2, 0) is 14.8 Å². The fourth-order valence-corrected chi connectivity index (χ4v) is 3.51. The number of benzene rings is 1. The molecule has 0 radical (unpaired) electrons. The number of hydrogen-bond acceptors (Lipinski definition) is 5. The molecule has 26 heavy (non-hydrogen) atoms. The second kappa shape index (κ2) is 8.62. The van der Waals surface area contributed by atoms with Crippen LogP contribution in [-0.4, -0.2) is 46.4 Å². The van der Waals surface area contributed by atoms with Crippen LogP contribution in [0.25, 0.3) is 0 Å². The number of carbonyl (C=O) groups is 1. The molecule has 0 aliphatic carbocycles. The molecule has 1 heterocycles. The van der Waals surface area contributed by atoms with Gasteiger partial charge in [0.15, 0.2) is 11.5 Å². The van der Waals surface area contributed by atoms with Crippen molar-refractivity contribution in [3.8, 4) is 11.5 Å². The first-order valence-electron chi connectivity index (χ1n) is 8.85. The first-order valence-corrected chi connectivity index (χ1v) is 10.7. The highest BCUT2D eigenvalue weighted by molar-refractivity contribution is 7.92. The van der Waals surface area contributed by atoms with Crippen LogP contribution in [0.1, 0.15) is 33.6 Å². The lowest BCUT2D eigenvalue weighted by Gasteiger charge is -2.25. The number of fused-ring (bicyclic) bond motifs is 1. The molecule has 1 aromatic carbocycles. The maximum absolute atomic E-state index is 12.2. The van der Waals surface area contributed by atoms with E-state index >= 15 is 0 Å². The average Bonchev–Trinajstić information content (AvgIpc) is 2.57. The summed E-state index contributed by atoms with van der Waals surface area (Å²) < 4.78 is 36.7. The van der Waals surface area contributed by atoms with Crippen molar-refractivity contribution in [2.45, 2.75) is 39.7 Å². The van der Waals surface area contributed by atoms with Crippen LogP contribution < -0.4 is 19.1 Å². The summed E-state index contributed by atoms with van der Waals surface area (Å²) >= 11 is 0. The molecule has 0 saturated heterocycles. The SMILES string of the molecule is CC(C)C(C)NC(=O)CCCN(c1ccc2c(c1)OCCO2)S(C)(=O)=O. The van der Waals surface area contributed by atoms with Crippen molar-refractivity contribution in [1.29, 1.82) is 0 Å². The Balaban J connectivity index is 2.02. The van der Waals surface area contributed by atoms with Gasteiger partial charge in [0.1, 0.15) is 13.2 Å². The minimum absolute atomic E-state index is 0.0678. The zero-order valence-electron chi connectivity index (χ0n) is 15.8. The fourth-order valence-electron chi connectivity index (χ4n) is 2.55. The molecule has 0 fully saturated rings. The first kappa shape index (κ1) is 20.4. The van der Waals surface area contributed by atoms with Gasteiger partial charge < -0.3 is 14.8 Å². The maximum Gasteiger partial charge on any atom is 0.232 e. The van der Waals surface area contributed by atoms with Crippen molar-refractivity contribution in [3.63, 3.8) is 0 Å². The van der Waals surface area contributed by atoms with E-state index in [1.54, 1.807) is 18.2 Å². The number of hydrogen-bond donors (Lipinski definition) is 1. The Morgan fingerprint density at radius 2 is 1.85 bits per heavy atom. The summed E-state index contributed by atoms with van der Waals surface area (Å²) in [7, 11) is -3.47. The summed E-state index contributed by atoms with van der Waals surface area (Å²) in [6.07, 6.45) is 1.86. The Bertz CT molecular complexity index is 733. The van der Waals surface area contributed by atoms with Crippen LogP contribution >= 0.6 is 0 Å². The van der Waals surface area contributed by atoms with Gasteiger partial charge in [-0.25, -0.2) is 8.42 Å². The third-order valence-corrected chi connectivity index (χ3v) is 5.56. The molecular formula is C18H28N2O5S. The zero-order valence-corrected chi connectivity index (χ0v) is 16.6. The van der Waals surface area contributed by atoms with Crippen molar-refractivity contribution in [2.75, 3.05) is 30.3 Å². The van der Waals surface area contributed by atoms with Crippen molar-refractivity contribution in [2.24, 2.45) is 5.92 Å². The summed E-state index contributed by atoms with van der Waals surface area (Å²) in [6, 6.07) is 5.15. The molecule has 0 spiro atoms. The van der Waals surface area contributed by atoms with Crippen molar-refractivity contribution >= 4 is 21.6 Å². The molecule has 7 nitrogen and oxygen atoms in total. The Hall–Kier alpha value is -1.96. The number of anilines is 1. The Morgan fingerprint density at radius 3 is 2.46 bits per heavy atom. The minimum Gasteiger partial charge on any atom is -0.486 e. The van der Waals surface area contributed by atoms with Gasteiger partial charge in [-0.3, -0.25) is 9.10 Å². The number of ether oxygens (including phenoxy) is 2. The van der Waals surface area contributed by atoms with Crippen molar-refractivity contribution < 1.29 is 22.7 Å². The molecule has 8 heteroatoms. The molecule has 1 N–H and O–H groups in total. The largest absolute Gasteiger partial charge is 0.486 e. The summed E-state index contributed by atoms with van der Waals surface area (Å²) in [5, 5.41) is 2.93.